The van der Waals surface area contributed by atoms with Gasteiger partial charge in [0.25, 0.3) is 0 Å². The zero-order chi connectivity index (χ0) is 22.4. The van der Waals surface area contributed by atoms with E-state index in [2.05, 4.69) is 10.6 Å². The second-order valence-electron chi connectivity index (χ2n) is 8.36. The lowest BCUT2D eigenvalue weighted by Gasteiger charge is -2.27. The summed E-state index contributed by atoms with van der Waals surface area (Å²) in [5.74, 6) is -0.167. The van der Waals surface area contributed by atoms with Crippen molar-refractivity contribution >= 4 is 27.5 Å². The molecule has 1 heterocycles. The summed E-state index contributed by atoms with van der Waals surface area (Å²) in [6, 6.07) is 4.63. The van der Waals surface area contributed by atoms with Gasteiger partial charge in [0.2, 0.25) is 21.8 Å². The molecular formula is C21H33N3O5S. The minimum Gasteiger partial charge on any atom is -0.492 e. The van der Waals surface area contributed by atoms with Gasteiger partial charge in [-0.3, -0.25) is 9.59 Å². The SMILES string of the molecule is CCOc1ccc(NC(=O)CCNC(=O)C(C)(C)C)cc1S(=O)(=O)N1CCCCC1. The van der Waals surface area contributed by atoms with Gasteiger partial charge in [0.1, 0.15) is 10.6 Å². The number of carbonyl (C=O) groups is 2. The number of rotatable bonds is 8. The van der Waals surface area contributed by atoms with Gasteiger partial charge in [-0.15, -0.1) is 0 Å². The number of nitrogens with one attached hydrogen (secondary N) is 2. The summed E-state index contributed by atoms with van der Waals surface area (Å²) in [7, 11) is -3.72. The van der Waals surface area contributed by atoms with Crippen LogP contribution in [0.4, 0.5) is 5.69 Å². The van der Waals surface area contributed by atoms with Crippen LogP contribution in [0.25, 0.3) is 0 Å². The van der Waals surface area contributed by atoms with Gasteiger partial charge in [-0.1, -0.05) is 27.2 Å². The predicted octanol–water partition coefficient (Wildman–Crippen LogP) is 2.75. The summed E-state index contributed by atoms with van der Waals surface area (Å²) in [5.41, 5.74) is -0.148. The molecule has 1 aliphatic heterocycles. The van der Waals surface area contributed by atoms with Crippen LogP contribution in [0.3, 0.4) is 0 Å². The van der Waals surface area contributed by atoms with Gasteiger partial charge in [-0.05, 0) is 38.0 Å². The molecule has 30 heavy (non-hydrogen) atoms. The van der Waals surface area contributed by atoms with Crippen LogP contribution in [0.15, 0.2) is 23.1 Å². The smallest absolute Gasteiger partial charge is 0.246 e. The first-order valence-electron chi connectivity index (χ1n) is 10.4. The van der Waals surface area contributed by atoms with E-state index >= 15 is 0 Å². The Labute approximate surface area is 179 Å². The number of sulfonamides is 1. The molecule has 2 N–H and O–H groups in total. The summed E-state index contributed by atoms with van der Waals surface area (Å²) in [5, 5.41) is 5.43. The first kappa shape index (κ1) is 24.1. The van der Waals surface area contributed by atoms with Gasteiger partial charge in [-0.25, -0.2) is 8.42 Å². The van der Waals surface area contributed by atoms with Gasteiger partial charge >= 0.3 is 0 Å². The van der Waals surface area contributed by atoms with Crippen molar-refractivity contribution in [3.63, 3.8) is 0 Å². The molecule has 1 aromatic carbocycles. The number of piperidine rings is 1. The van der Waals surface area contributed by atoms with Crippen LogP contribution in [0.1, 0.15) is 53.4 Å². The summed E-state index contributed by atoms with van der Waals surface area (Å²) >= 11 is 0. The largest absolute Gasteiger partial charge is 0.492 e. The van der Waals surface area contributed by atoms with Crippen LogP contribution in [0, 0.1) is 5.41 Å². The quantitative estimate of drug-likeness (QED) is 0.648. The van der Waals surface area contributed by atoms with E-state index in [9.17, 15) is 18.0 Å². The number of carbonyl (C=O) groups excluding carboxylic acids is 2. The molecule has 1 fully saturated rings. The van der Waals surface area contributed by atoms with Crippen molar-refractivity contribution in [1.29, 1.82) is 0 Å². The van der Waals surface area contributed by atoms with Crippen LogP contribution in [0.2, 0.25) is 0 Å². The van der Waals surface area contributed by atoms with Crippen molar-refractivity contribution in [2.24, 2.45) is 5.41 Å². The fourth-order valence-corrected chi connectivity index (χ4v) is 4.76. The van der Waals surface area contributed by atoms with Crippen molar-refractivity contribution in [1.82, 2.24) is 9.62 Å². The maximum atomic E-state index is 13.1. The van der Waals surface area contributed by atoms with Gasteiger partial charge in [0, 0.05) is 37.2 Å². The van der Waals surface area contributed by atoms with E-state index in [1.165, 1.54) is 10.4 Å². The number of hydrogen-bond donors (Lipinski definition) is 2. The first-order chi connectivity index (χ1) is 14.1. The van der Waals surface area contributed by atoms with Crippen molar-refractivity contribution < 1.29 is 22.7 Å². The number of benzene rings is 1. The maximum absolute atomic E-state index is 13.1. The predicted molar refractivity (Wildman–Crippen MR) is 116 cm³/mol. The molecular weight excluding hydrogens is 406 g/mol. The van der Waals surface area contributed by atoms with Gasteiger partial charge in [0.15, 0.2) is 0 Å². The Morgan fingerprint density at radius 2 is 1.80 bits per heavy atom. The van der Waals surface area contributed by atoms with Crippen LogP contribution in [-0.2, 0) is 19.6 Å². The highest BCUT2D eigenvalue weighted by molar-refractivity contribution is 7.89. The van der Waals surface area contributed by atoms with Gasteiger partial charge < -0.3 is 15.4 Å². The van der Waals surface area contributed by atoms with Crippen molar-refractivity contribution in [3.8, 4) is 5.75 Å². The lowest BCUT2D eigenvalue weighted by Crippen LogP contribution is -2.36. The normalized spacial score (nSPS) is 15.5. The molecule has 168 valence electrons. The van der Waals surface area contributed by atoms with E-state index in [0.717, 1.165) is 19.3 Å². The highest BCUT2D eigenvalue weighted by atomic mass is 32.2. The fraction of sp³-hybridized carbons (Fsp3) is 0.619. The molecule has 8 nitrogen and oxygen atoms in total. The maximum Gasteiger partial charge on any atom is 0.246 e. The first-order valence-corrected chi connectivity index (χ1v) is 11.8. The summed E-state index contributed by atoms with van der Waals surface area (Å²) < 4.78 is 33.3. The van der Waals surface area contributed by atoms with Crippen LogP contribution >= 0.6 is 0 Å². The molecule has 0 aliphatic carbocycles. The summed E-state index contributed by atoms with van der Waals surface area (Å²) in [6.45, 7) is 8.69. The standard InChI is InChI=1S/C21H33N3O5S/c1-5-29-17-10-9-16(23-19(25)11-12-22-20(26)21(2,3)4)15-18(17)30(27,28)24-13-7-6-8-14-24/h9-10,15H,5-8,11-14H2,1-4H3,(H,22,26)(H,23,25). The molecule has 1 aliphatic rings. The molecule has 1 aromatic rings. The topological polar surface area (TPSA) is 105 Å². The molecule has 0 unspecified atom stereocenters. The highest BCUT2D eigenvalue weighted by Crippen LogP contribution is 2.31. The van der Waals surface area contributed by atoms with E-state index < -0.39 is 15.4 Å². The van der Waals surface area contributed by atoms with Crippen molar-refractivity contribution in [2.45, 2.75) is 58.3 Å². The Balaban J connectivity index is 2.11. The summed E-state index contributed by atoms with van der Waals surface area (Å²) in [4.78, 5) is 24.2. The van der Waals surface area contributed by atoms with Crippen LogP contribution in [-0.4, -0.2) is 50.8 Å². The lowest BCUT2D eigenvalue weighted by atomic mass is 9.96. The lowest BCUT2D eigenvalue weighted by molar-refractivity contribution is -0.128. The van der Waals surface area contributed by atoms with Gasteiger partial charge in [0.05, 0.1) is 6.61 Å². The summed E-state index contributed by atoms with van der Waals surface area (Å²) in [6.07, 6.45) is 2.77. The minimum atomic E-state index is -3.72. The number of nitrogens with zero attached hydrogens (tertiary/aromatic N) is 1. The molecule has 0 saturated carbocycles. The molecule has 0 atom stereocenters. The Kier molecular flexibility index (Phi) is 8.25. The van der Waals surface area contributed by atoms with Crippen LogP contribution in [0.5, 0.6) is 5.75 Å². The van der Waals surface area contributed by atoms with Crippen molar-refractivity contribution in [2.75, 3.05) is 31.6 Å². The molecule has 2 rings (SSSR count). The molecule has 2 amide bonds. The number of ether oxygens (including phenoxy) is 1. The molecule has 1 saturated heterocycles. The van der Waals surface area contributed by atoms with E-state index in [4.69, 9.17) is 4.74 Å². The van der Waals surface area contributed by atoms with E-state index in [1.807, 2.05) is 0 Å². The second kappa shape index (κ2) is 10.3. The molecule has 0 radical (unpaired) electrons. The average Bonchev–Trinajstić information content (AvgIpc) is 2.69. The Morgan fingerprint density at radius 3 is 2.40 bits per heavy atom. The number of hydrogen-bond acceptors (Lipinski definition) is 5. The number of anilines is 1. The third-order valence-electron chi connectivity index (χ3n) is 4.78. The van der Waals surface area contributed by atoms with Crippen molar-refractivity contribution in [3.05, 3.63) is 18.2 Å². The molecule has 0 aromatic heterocycles. The zero-order valence-corrected chi connectivity index (χ0v) is 19.1. The van der Waals surface area contributed by atoms with Crippen LogP contribution < -0.4 is 15.4 Å². The molecule has 0 spiro atoms. The molecule has 9 heteroatoms. The van der Waals surface area contributed by atoms with E-state index in [-0.39, 0.29) is 35.4 Å². The third kappa shape index (κ3) is 6.43. The third-order valence-corrected chi connectivity index (χ3v) is 6.70. The monoisotopic (exact) mass is 439 g/mol. The average molecular weight is 440 g/mol. The van der Waals surface area contributed by atoms with Gasteiger partial charge in [-0.2, -0.15) is 4.31 Å². The van der Waals surface area contributed by atoms with E-state index in [1.54, 1.807) is 39.8 Å². The Morgan fingerprint density at radius 1 is 1.13 bits per heavy atom. The second-order valence-corrected chi connectivity index (χ2v) is 10.3. The zero-order valence-electron chi connectivity index (χ0n) is 18.3. The Hall–Kier alpha value is -2.13. The molecule has 0 bridgehead atoms. The highest BCUT2D eigenvalue weighted by Gasteiger charge is 2.29. The number of amides is 2. The fourth-order valence-electron chi connectivity index (χ4n) is 3.08. The minimum absolute atomic E-state index is 0.0603. The van der Waals surface area contributed by atoms with E-state index in [0.29, 0.717) is 25.4 Å². The Bertz CT molecular complexity index is 856.